The summed E-state index contributed by atoms with van der Waals surface area (Å²) in [4.78, 5) is 6.81. The van der Waals surface area contributed by atoms with Gasteiger partial charge in [-0.05, 0) is 24.3 Å². The number of anilines is 1. The third-order valence-corrected chi connectivity index (χ3v) is 7.09. The van der Waals surface area contributed by atoms with Gasteiger partial charge in [0.2, 0.25) is 0 Å². The Labute approximate surface area is 182 Å². The van der Waals surface area contributed by atoms with Gasteiger partial charge in [0.25, 0.3) is 0 Å². The minimum absolute atomic E-state index is 0.0195. The molecule has 152 valence electrons. The summed E-state index contributed by atoms with van der Waals surface area (Å²) in [6.07, 6.45) is 2.08. The fraction of sp³-hybridized carbons (Fsp3) is 0.381. The highest BCUT2D eigenvalue weighted by atomic mass is 35.5. The van der Waals surface area contributed by atoms with E-state index in [4.69, 9.17) is 27.2 Å². The van der Waals surface area contributed by atoms with E-state index in [0.29, 0.717) is 24.7 Å². The summed E-state index contributed by atoms with van der Waals surface area (Å²) < 4.78 is 7.03. The number of rotatable bonds is 5. The number of fused-ring (bicyclic) bond motifs is 1. The number of hydrogen-bond donors (Lipinski definition) is 3. The molecule has 3 aromatic heterocycles. The van der Waals surface area contributed by atoms with Gasteiger partial charge >= 0.3 is 0 Å². The first kappa shape index (κ1) is 20.6. The van der Waals surface area contributed by atoms with E-state index < -0.39 is 0 Å². The monoisotopic (exact) mass is 447 g/mol. The smallest absolute Gasteiger partial charge is 0.131 e. The molecule has 0 aliphatic carbocycles. The summed E-state index contributed by atoms with van der Waals surface area (Å²) in [5.74, 6) is 6.22. The molecule has 2 atom stereocenters. The van der Waals surface area contributed by atoms with Crippen LogP contribution in [0.1, 0.15) is 40.7 Å². The summed E-state index contributed by atoms with van der Waals surface area (Å²) in [5.41, 5.74) is 8.88. The normalized spacial score (nSPS) is 19.1. The van der Waals surface area contributed by atoms with Crippen LogP contribution >= 0.6 is 34.3 Å². The predicted molar refractivity (Wildman–Crippen MR) is 121 cm³/mol. The van der Waals surface area contributed by atoms with Crippen LogP contribution in [0, 0.1) is 11.8 Å². The number of halogens is 1. The molecular formula is C21H22ClN3O2S2. The molecule has 0 aromatic carbocycles. The van der Waals surface area contributed by atoms with Crippen LogP contribution in [0.3, 0.4) is 0 Å². The van der Waals surface area contributed by atoms with Gasteiger partial charge in [0.15, 0.2) is 0 Å². The zero-order valence-electron chi connectivity index (χ0n) is 15.8. The van der Waals surface area contributed by atoms with Crippen LogP contribution in [0.15, 0.2) is 23.6 Å². The van der Waals surface area contributed by atoms with Crippen molar-refractivity contribution in [3.63, 3.8) is 0 Å². The Kier molecular flexibility index (Phi) is 6.70. The molecule has 4 N–H and O–H groups in total. The first-order valence-corrected chi connectivity index (χ1v) is 11.6. The molecule has 1 aliphatic rings. The fourth-order valence-electron chi connectivity index (χ4n) is 3.38. The van der Waals surface area contributed by atoms with Crippen molar-refractivity contribution in [2.75, 3.05) is 18.5 Å². The minimum atomic E-state index is -0.203. The maximum atomic E-state index is 9.13. The molecule has 1 aliphatic heterocycles. The lowest BCUT2D eigenvalue weighted by Gasteiger charge is -2.28. The number of hydrogen-bond acceptors (Lipinski definition) is 7. The Morgan fingerprint density at radius 1 is 1.45 bits per heavy atom. The van der Waals surface area contributed by atoms with Crippen LogP contribution in [-0.4, -0.2) is 29.3 Å². The van der Waals surface area contributed by atoms with E-state index >= 15 is 0 Å². The lowest BCUT2D eigenvalue weighted by molar-refractivity contribution is 0.00226. The third-order valence-electron chi connectivity index (χ3n) is 4.75. The van der Waals surface area contributed by atoms with E-state index in [-0.39, 0.29) is 18.8 Å². The van der Waals surface area contributed by atoms with Crippen molar-refractivity contribution >= 4 is 50.2 Å². The molecule has 0 spiro atoms. The molecule has 0 unspecified atom stereocenters. The SMILES string of the molecule is N[C@H]1CCCO[C@@H]1c1sc2c(NCc3cccs3)cc(Cl)nc2c1C#CCCO. The average molecular weight is 448 g/mol. The quantitative estimate of drug-likeness (QED) is 0.395. The van der Waals surface area contributed by atoms with Crippen molar-refractivity contribution in [2.45, 2.75) is 38.0 Å². The van der Waals surface area contributed by atoms with Crippen LogP contribution in [0.4, 0.5) is 5.69 Å². The second-order valence-electron chi connectivity index (χ2n) is 6.82. The number of thiophene rings is 2. The van der Waals surface area contributed by atoms with Gasteiger partial charge in [-0.3, -0.25) is 0 Å². The fourth-order valence-corrected chi connectivity index (χ4v) is 5.53. The van der Waals surface area contributed by atoms with E-state index in [2.05, 4.69) is 33.6 Å². The van der Waals surface area contributed by atoms with E-state index in [1.807, 2.05) is 12.1 Å². The van der Waals surface area contributed by atoms with Crippen LogP contribution < -0.4 is 11.1 Å². The Morgan fingerprint density at radius 2 is 2.34 bits per heavy atom. The van der Waals surface area contributed by atoms with Crippen LogP contribution in [0.2, 0.25) is 5.15 Å². The summed E-state index contributed by atoms with van der Waals surface area (Å²) >= 11 is 9.67. The van der Waals surface area contributed by atoms with Gasteiger partial charge in [0.05, 0.1) is 27.4 Å². The molecule has 29 heavy (non-hydrogen) atoms. The van der Waals surface area contributed by atoms with Crippen LogP contribution in [0.25, 0.3) is 10.2 Å². The second kappa shape index (κ2) is 9.43. The minimum Gasteiger partial charge on any atom is -0.395 e. The Morgan fingerprint density at radius 3 is 3.10 bits per heavy atom. The standard InChI is InChI=1S/C21H22ClN3O2S2/c22-17-11-16(24-12-13-5-4-10-28-13)21-18(25-17)14(6-1-2-8-26)20(29-21)19-15(23)7-3-9-27-19/h4-5,10-11,15,19,26H,2-3,7-9,12,23H2,(H,24,25)/t15-,19-/m0/s1. The van der Waals surface area contributed by atoms with Gasteiger partial charge in [-0.25, -0.2) is 4.98 Å². The number of nitrogens with zero attached hydrogens (tertiary/aromatic N) is 1. The van der Waals surface area contributed by atoms with E-state index in [1.165, 1.54) is 4.88 Å². The molecule has 4 heterocycles. The van der Waals surface area contributed by atoms with Crippen LogP contribution in [0.5, 0.6) is 0 Å². The molecule has 4 rings (SSSR count). The number of aliphatic hydroxyl groups excluding tert-OH is 1. The average Bonchev–Trinajstić information content (AvgIpc) is 3.35. The van der Waals surface area contributed by atoms with Crippen molar-refractivity contribution < 1.29 is 9.84 Å². The predicted octanol–water partition coefficient (Wildman–Crippen LogP) is 4.54. The van der Waals surface area contributed by atoms with Crippen molar-refractivity contribution in [1.29, 1.82) is 0 Å². The topological polar surface area (TPSA) is 80.4 Å². The van der Waals surface area contributed by atoms with Gasteiger partial charge in [0, 0.05) is 36.6 Å². The van der Waals surface area contributed by atoms with E-state index in [0.717, 1.165) is 39.2 Å². The molecule has 0 radical (unpaired) electrons. The summed E-state index contributed by atoms with van der Waals surface area (Å²) in [5, 5.41) is 15.1. The molecule has 8 heteroatoms. The number of aromatic nitrogens is 1. The van der Waals surface area contributed by atoms with Crippen molar-refractivity contribution in [2.24, 2.45) is 5.73 Å². The molecular weight excluding hydrogens is 426 g/mol. The Hall–Kier alpha value is -1.66. The summed E-state index contributed by atoms with van der Waals surface area (Å²) in [7, 11) is 0. The van der Waals surface area contributed by atoms with E-state index in [1.54, 1.807) is 22.7 Å². The number of aliphatic hydroxyl groups is 1. The number of nitrogens with two attached hydrogens (primary N) is 1. The lowest BCUT2D eigenvalue weighted by atomic mass is 9.99. The lowest BCUT2D eigenvalue weighted by Crippen LogP contribution is -2.34. The van der Waals surface area contributed by atoms with Gasteiger partial charge < -0.3 is 20.9 Å². The summed E-state index contributed by atoms with van der Waals surface area (Å²) in [6.45, 7) is 1.42. The van der Waals surface area contributed by atoms with Gasteiger partial charge in [-0.2, -0.15) is 0 Å². The highest BCUT2D eigenvalue weighted by Gasteiger charge is 2.30. The van der Waals surface area contributed by atoms with Crippen molar-refractivity contribution in [1.82, 2.24) is 4.98 Å². The summed E-state index contributed by atoms with van der Waals surface area (Å²) in [6, 6.07) is 5.91. The first-order chi connectivity index (χ1) is 14.2. The second-order valence-corrected chi connectivity index (χ2v) is 9.29. The van der Waals surface area contributed by atoms with Crippen molar-refractivity contribution in [3.8, 4) is 11.8 Å². The Bertz CT molecular complexity index is 1040. The highest BCUT2D eigenvalue weighted by Crippen LogP contribution is 2.42. The molecule has 5 nitrogen and oxygen atoms in total. The third kappa shape index (κ3) is 4.58. The molecule has 3 aromatic rings. The number of ether oxygens (including phenoxy) is 1. The van der Waals surface area contributed by atoms with E-state index in [9.17, 15) is 0 Å². The molecule has 0 amide bonds. The highest BCUT2D eigenvalue weighted by molar-refractivity contribution is 7.20. The maximum absolute atomic E-state index is 9.13. The zero-order chi connectivity index (χ0) is 20.2. The maximum Gasteiger partial charge on any atom is 0.131 e. The van der Waals surface area contributed by atoms with Gasteiger partial charge in [-0.1, -0.05) is 29.5 Å². The first-order valence-electron chi connectivity index (χ1n) is 9.53. The number of pyridine rings is 1. The molecule has 1 saturated heterocycles. The van der Waals surface area contributed by atoms with Gasteiger partial charge in [0.1, 0.15) is 16.8 Å². The van der Waals surface area contributed by atoms with Gasteiger partial charge in [-0.15, -0.1) is 22.7 Å². The largest absolute Gasteiger partial charge is 0.395 e. The molecule has 0 bridgehead atoms. The Balaban J connectivity index is 1.79. The zero-order valence-corrected chi connectivity index (χ0v) is 18.2. The number of nitrogens with one attached hydrogen (secondary N) is 1. The molecule has 1 fully saturated rings. The van der Waals surface area contributed by atoms with Crippen molar-refractivity contribution in [3.05, 3.63) is 44.1 Å². The molecule has 0 saturated carbocycles. The van der Waals surface area contributed by atoms with Crippen LogP contribution in [-0.2, 0) is 11.3 Å².